The van der Waals surface area contributed by atoms with Gasteiger partial charge in [-0.2, -0.15) is 0 Å². The summed E-state index contributed by atoms with van der Waals surface area (Å²) >= 11 is 0. The number of hydrogen-bond donors (Lipinski definition) is 0. The van der Waals surface area contributed by atoms with Crippen molar-refractivity contribution in [1.82, 2.24) is 0 Å². The molecule has 0 aliphatic heterocycles. The van der Waals surface area contributed by atoms with E-state index in [-0.39, 0.29) is 0 Å². The summed E-state index contributed by atoms with van der Waals surface area (Å²) in [5, 5.41) is 0. The van der Waals surface area contributed by atoms with Crippen molar-refractivity contribution in [3.05, 3.63) is 0 Å². The third kappa shape index (κ3) is 23.6. The van der Waals surface area contributed by atoms with Crippen molar-refractivity contribution in [2.75, 3.05) is 6.61 Å². The number of rotatable bonds is 4. The Morgan fingerprint density at radius 2 is 1.12 bits per heavy atom. The normalized spacial score (nSPS) is 12.0. The van der Waals surface area contributed by atoms with E-state index in [0.29, 0.717) is 23.7 Å². The van der Waals surface area contributed by atoms with Crippen LogP contribution in [0.15, 0.2) is 0 Å². The van der Waals surface area contributed by atoms with Crippen LogP contribution in [-0.2, 0) is 9.47 Å². The van der Waals surface area contributed by atoms with Crippen molar-refractivity contribution in [1.29, 1.82) is 0 Å². The Bertz CT molecular complexity index is 137. The molecule has 0 amide bonds. The highest BCUT2D eigenvalue weighted by molar-refractivity contribution is 4.59. The van der Waals surface area contributed by atoms with Crippen molar-refractivity contribution >= 4 is 0 Å². The maximum atomic E-state index is 5.41. The Hall–Kier alpha value is -0.0800. The van der Waals surface area contributed by atoms with Crippen LogP contribution in [0.4, 0.5) is 0 Å². The summed E-state index contributed by atoms with van der Waals surface area (Å²) in [6.07, 6.45) is 1.12. The molecule has 0 aromatic heterocycles. The zero-order chi connectivity index (χ0) is 13.4. The van der Waals surface area contributed by atoms with Gasteiger partial charge in [0.25, 0.3) is 0 Å². The van der Waals surface area contributed by atoms with Gasteiger partial charge in [-0.15, -0.1) is 0 Å². The van der Waals surface area contributed by atoms with Crippen LogP contribution < -0.4 is 0 Å². The van der Waals surface area contributed by atoms with Gasteiger partial charge in [0.2, 0.25) is 0 Å². The zero-order valence-electron chi connectivity index (χ0n) is 12.8. The van der Waals surface area contributed by atoms with E-state index in [2.05, 4.69) is 34.6 Å². The van der Waals surface area contributed by atoms with E-state index in [4.69, 9.17) is 9.47 Å². The summed E-state index contributed by atoms with van der Waals surface area (Å²) in [5.74, 6) is 0. The fourth-order valence-electron chi connectivity index (χ4n) is 0.961. The predicted octanol–water partition coefficient (Wildman–Crippen LogP) is 4.28. The summed E-state index contributed by atoms with van der Waals surface area (Å²) in [7, 11) is 0. The quantitative estimate of drug-likeness (QED) is 0.720. The van der Waals surface area contributed by atoms with Gasteiger partial charge in [0.1, 0.15) is 0 Å². The SMILES string of the molecule is CC(C)OC(C)C.CC(C)OCC(C)(C)C. The molecule has 0 atom stereocenters. The van der Waals surface area contributed by atoms with Gasteiger partial charge in [-0.3, -0.25) is 0 Å². The van der Waals surface area contributed by atoms with Crippen LogP contribution in [-0.4, -0.2) is 24.9 Å². The van der Waals surface area contributed by atoms with Crippen LogP contribution in [0.1, 0.15) is 62.3 Å². The Balaban J connectivity index is 0. The van der Waals surface area contributed by atoms with E-state index in [1.165, 1.54) is 0 Å². The lowest BCUT2D eigenvalue weighted by Crippen LogP contribution is -2.17. The lowest BCUT2D eigenvalue weighted by Gasteiger charge is -2.19. The molecule has 0 N–H and O–H groups in total. The molecule has 0 unspecified atom stereocenters. The summed E-state index contributed by atoms with van der Waals surface area (Å²) in [6, 6.07) is 0. The summed E-state index contributed by atoms with van der Waals surface area (Å²) in [4.78, 5) is 0. The average Bonchev–Trinajstić information content (AvgIpc) is 1.97. The van der Waals surface area contributed by atoms with Crippen LogP contribution in [0.25, 0.3) is 0 Å². The number of hydrogen-bond acceptors (Lipinski definition) is 2. The standard InChI is InChI=1S/C8H18O.C6H14O/c1-7(2)9-6-8(3,4)5;1-5(2)7-6(3)4/h7H,6H2,1-5H3;5-6H,1-4H3. The first kappa shape index (κ1) is 18.3. The lowest BCUT2D eigenvalue weighted by molar-refractivity contribution is 0.0284. The Kier molecular flexibility index (Phi) is 10.3. The third-order valence-electron chi connectivity index (χ3n) is 1.39. The molecule has 0 saturated carbocycles. The molecular formula is C14H32O2. The van der Waals surface area contributed by atoms with E-state index < -0.39 is 0 Å². The maximum Gasteiger partial charge on any atom is 0.0522 e. The minimum Gasteiger partial charge on any atom is -0.378 e. The fourth-order valence-corrected chi connectivity index (χ4v) is 0.961. The molecule has 16 heavy (non-hydrogen) atoms. The minimum atomic E-state index is 0.310. The summed E-state index contributed by atoms with van der Waals surface area (Å²) < 4.78 is 10.7. The van der Waals surface area contributed by atoms with E-state index in [1.807, 2.05) is 27.7 Å². The van der Waals surface area contributed by atoms with Crippen LogP contribution in [0, 0.1) is 5.41 Å². The smallest absolute Gasteiger partial charge is 0.0522 e. The van der Waals surface area contributed by atoms with Gasteiger partial charge in [0.15, 0.2) is 0 Å². The number of ether oxygens (including phenoxy) is 2. The van der Waals surface area contributed by atoms with Crippen molar-refractivity contribution in [3.8, 4) is 0 Å². The van der Waals surface area contributed by atoms with E-state index in [1.54, 1.807) is 0 Å². The van der Waals surface area contributed by atoms with Gasteiger partial charge < -0.3 is 9.47 Å². The Labute approximate surface area is 103 Å². The highest BCUT2D eigenvalue weighted by Crippen LogP contribution is 2.13. The Morgan fingerprint density at radius 1 is 0.750 bits per heavy atom. The zero-order valence-corrected chi connectivity index (χ0v) is 12.8. The molecule has 0 rings (SSSR count). The first-order valence-corrected chi connectivity index (χ1v) is 6.31. The van der Waals surface area contributed by atoms with Crippen molar-refractivity contribution in [2.24, 2.45) is 5.41 Å². The molecule has 2 nitrogen and oxygen atoms in total. The second-order valence-corrected chi connectivity index (χ2v) is 6.15. The monoisotopic (exact) mass is 232 g/mol. The van der Waals surface area contributed by atoms with Gasteiger partial charge >= 0.3 is 0 Å². The second kappa shape index (κ2) is 9.00. The van der Waals surface area contributed by atoms with Gasteiger partial charge in [-0.1, -0.05) is 20.8 Å². The predicted molar refractivity (Wildman–Crippen MR) is 71.9 cm³/mol. The van der Waals surface area contributed by atoms with Gasteiger partial charge in [-0.05, 0) is 47.0 Å². The molecule has 0 aliphatic rings. The van der Waals surface area contributed by atoms with Gasteiger partial charge in [-0.25, -0.2) is 0 Å². The highest BCUT2D eigenvalue weighted by atomic mass is 16.5. The summed E-state index contributed by atoms with van der Waals surface area (Å²) in [6.45, 7) is 19.7. The van der Waals surface area contributed by atoms with Crippen LogP contribution in [0.3, 0.4) is 0 Å². The fraction of sp³-hybridized carbons (Fsp3) is 1.00. The first-order valence-electron chi connectivity index (χ1n) is 6.31. The van der Waals surface area contributed by atoms with E-state index >= 15 is 0 Å². The molecule has 100 valence electrons. The second-order valence-electron chi connectivity index (χ2n) is 6.15. The van der Waals surface area contributed by atoms with Crippen molar-refractivity contribution < 1.29 is 9.47 Å². The largest absolute Gasteiger partial charge is 0.378 e. The molecule has 0 bridgehead atoms. The topological polar surface area (TPSA) is 18.5 Å². The average molecular weight is 232 g/mol. The third-order valence-corrected chi connectivity index (χ3v) is 1.39. The molecule has 0 saturated heterocycles. The molecule has 0 aromatic carbocycles. The van der Waals surface area contributed by atoms with E-state index in [0.717, 1.165) is 6.61 Å². The Morgan fingerprint density at radius 3 is 1.19 bits per heavy atom. The van der Waals surface area contributed by atoms with Gasteiger partial charge in [0.05, 0.1) is 24.9 Å². The van der Waals surface area contributed by atoms with E-state index in [9.17, 15) is 0 Å². The molecule has 0 spiro atoms. The van der Waals surface area contributed by atoms with Crippen molar-refractivity contribution in [3.63, 3.8) is 0 Å². The molecule has 0 heterocycles. The molecular weight excluding hydrogens is 200 g/mol. The van der Waals surface area contributed by atoms with Crippen LogP contribution in [0.2, 0.25) is 0 Å². The molecule has 0 radical (unpaired) electrons. The molecule has 0 aliphatic carbocycles. The van der Waals surface area contributed by atoms with Crippen LogP contribution >= 0.6 is 0 Å². The molecule has 2 heteroatoms. The molecule has 0 aromatic rings. The minimum absolute atomic E-state index is 0.310. The van der Waals surface area contributed by atoms with Gasteiger partial charge in [0, 0.05) is 0 Å². The summed E-state index contributed by atoms with van der Waals surface area (Å²) in [5.41, 5.74) is 0.310. The highest BCUT2D eigenvalue weighted by Gasteiger charge is 2.10. The first-order chi connectivity index (χ1) is 7.04. The lowest BCUT2D eigenvalue weighted by atomic mass is 9.99. The van der Waals surface area contributed by atoms with Crippen LogP contribution in [0.5, 0.6) is 0 Å². The maximum absolute atomic E-state index is 5.41. The molecule has 0 fully saturated rings. The van der Waals surface area contributed by atoms with Crippen molar-refractivity contribution in [2.45, 2.75) is 80.6 Å².